The smallest absolute Gasteiger partial charge is 0.335 e. The average Bonchev–Trinajstić information content (AvgIpc) is 3.06. The molecule has 0 unspecified atom stereocenters. The summed E-state index contributed by atoms with van der Waals surface area (Å²) in [6, 6.07) is 14.6. The van der Waals surface area contributed by atoms with Crippen molar-refractivity contribution in [3.05, 3.63) is 76.0 Å². The third-order valence-electron chi connectivity index (χ3n) is 4.63. The van der Waals surface area contributed by atoms with E-state index in [-0.39, 0.29) is 0 Å². The van der Waals surface area contributed by atoms with Crippen molar-refractivity contribution in [2.24, 2.45) is 0 Å². The van der Waals surface area contributed by atoms with E-state index in [0.29, 0.717) is 10.6 Å². The number of aromatic nitrogens is 1. The van der Waals surface area contributed by atoms with Crippen molar-refractivity contribution in [2.45, 2.75) is 19.5 Å². The summed E-state index contributed by atoms with van der Waals surface area (Å²) < 4.78 is 5.54. The molecular formula is C20H17ClN2O3. The largest absolute Gasteiger partial charge is 0.478 e. The number of hydrogen-bond acceptors (Lipinski definition) is 4. The van der Waals surface area contributed by atoms with Gasteiger partial charge in [-0.2, -0.15) is 0 Å². The summed E-state index contributed by atoms with van der Waals surface area (Å²) in [6.07, 6.45) is 0.809. The van der Waals surface area contributed by atoms with E-state index >= 15 is 0 Å². The van der Waals surface area contributed by atoms with Gasteiger partial charge in [-0.1, -0.05) is 41.0 Å². The molecule has 1 aromatic heterocycles. The van der Waals surface area contributed by atoms with Crippen LogP contribution in [-0.4, -0.2) is 27.7 Å². The normalized spacial score (nSPS) is 14.2. The van der Waals surface area contributed by atoms with Gasteiger partial charge in [0.1, 0.15) is 11.5 Å². The summed E-state index contributed by atoms with van der Waals surface area (Å²) in [7, 11) is 0. The number of rotatable bonds is 4. The minimum atomic E-state index is -0.906. The number of aromatic carboxylic acids is 1. The molecular weight excluding hydrogens is 352 g/mol. The monoisotopic (exact) mass is 368 g/mol. The highest BCUT2D eigenvalue weighted by Gasteiger charge is 2.25. The molecule has 0 atom stereocenters. The van der Waals surface area contributed by atoms with Gasteiger partial charge >= 0.3 is 5.97 Å². The van der Waals surface area contributed by atoms with Crippen molar-refractivity contribution in [2.75, 3.05) is 6.54 Å². The number of carboxylic acids is 1. The van der Waals surface area contributed by atoms with Crippen molar-refractivity contribution in [3.8, 4) is 11.3 Å². The predicted octanol–water partition coefficient (Wildman–Crippen LogP) is 4.25. The van der Waals surface area contributed by atoms with Crippen LogP contribution in [0.2, 0.25) is 5.02 Å². The van der Waals surface area contributed by atoms with Crippen molar-refractivity contribution in [1.82, 2.24) is 10.1 Å². The van der Waals surface area contributed by atoms with Gasteiger partial charge in [-0.25, -0.2) is 4.79 Å². The van der Waals surface area contributed by atoms with Crippen LogP contribution in [-0.2, 0) is 19.5 Å². The first-order chi connectivity index (χ1) is 12.6. The maximum absolute atomic E-state index is 11.0. The van der Waals surface area contributed by atoms with E-state index in [1.807, 2.05) is 36.4 Å². The summed E-state index contributed by atoms with van der Waals surface area (Å²) in [5, 5.41) is 14.0. The number of nitrogens with zero attached hydrogens (tertiary/aromatic N) is 2. The quantitative estimate of drug-likeness (QED) is 0.745. The highest BCUT2D eigenvalue weighted by molar-refractivity contribution is 6.30. The fourth-order valence-corrected chi connectivity index (χ4v) is 3.37. The molecule has 0 saturated heterocycles. The minimum absolute atomic E-state index is 0.304. The molecule has 2 aromatic carbocycles. The maximum Gasteiger partial charge on any atom is 0.335 e. The van der Waals surface area contributed by atoms with E-state index in [4.69, 9.17) is 21.2 Å². The summed E-state index contributed by atoms with van der Waals surface area (Å²) in [6.45, 7) is 2.38. The standard InChI is InChI=1S/C20H17ClN2O3/c21-16-7-5-14(6-8-16)19-17-12-23(10-9-18(17)26-22-19)11-13-1-3-15(4-2-13)20(24)25/h1-8H,9-12H2,(H,24,25). The molecule has 1 aliphatic heterocycles. The first-order valence-corrected chi connectivity index (χ1v) is 8.76. The number of halogens is 1. The highest BCUT2D eigenvalue weighted by Crippen LogP contribution is 2.31. The van der Waals surface area contributed by atoms with Gasteiger partial charge in [0.25, 0.3) is 0 Å². The first-order valence-electron chi connectivity index (χ1n) is 8.38. The third-order valence-corrected chi connectivity index (χ3v) is 4.88. The van der Waals surface area contributed by atoms with Gasteiger partial charge in [-0.3, -0.25) is 4.90 Å². The lowest BCUT2D eigenvalue weighted by atomic mass is 10.0. The van der Waals surface area contributed by atoms with E-state index in [0.717, 1.165) is 54.2 Å². The van der Waals surface area contributed by atoms with Crippen LogP contribution in [0.5, 0.6) is 0 Å². The molecule has 132 valence electrons. The van der Waals surface area contributed by atoms with Gasteiger partial charge < -0.3 is 9.63 Å². The Kier molecular flexibility index (Phi) is 4.49. The Bertz CT molecular complexity index is 933. The lowest BCUT2D eigenvalue weighted by Gasteiger charge is -2.26. The number of carboxylic acid groups (broad SMARTS) is 1. The second-order valence-electron chi connectivity index (χ2n) is 6.40. The Morgan fingerprint density at radius 2 is 1.88 bits per heavy atom. The van der Waals surface area contributed by atoms with Gasteiger partial charge in [0, 0.05) is 42.2 Å². The molecule has 0 amide bonds. The fraction of sp³-hybridized carbons (Fsp3) is 0.200. The summed E-state index contributed by atoms with van der Waals surface area (Å²) in [5.41, 5.74) is 4.36. The molecule has 6 heteroatoms. The Balaban J connectivity index is 1.53. The van der Waals surface area contributed by atoms with Crippen molar-refractivity contribution < 1.29 is 14.4 Å². The minimum Gasteiger partial charge on any atom is -0.478 e. The van der Waals surface area contributed by atoms with Crippen LogP contribution in [0, 0.1) is 0 Å². The van der Waals surface area contributed by atoms with Crippen molar-refractivity contribution >= 4 is 17.6 Å². The summed E-state index contributed by atoms with van der Waals surface area (Å²) in [5.74, 6) is 0.0312. The van der Waals surface area contributed by atoms with E-state index in [2.05, 4.69) is 10.1 Å². The molecule has 0 fully saturated rings. The average molecular weight is 369 g/mol. The van der Waals surface area contributed by atoms with Crippen LogP contribution in [0.4, 0.5) is 0 Å². The van der Waals surface area contributed by atoms with E-state index in [9.17, 15) is 4.79 Å². The highest BCUT2D eigenvalue weighted by atomic mass is 35.5. The number of carbonyl (C=O) groups is 1. The summed E-state index contributed by atoms with van der Waals surface area (Å²) >= 11 is 5.97. The van der Waals surface area contributed by atoms with Gasteiger partial charge in [0.15, 0.2) is 0 Å². The molecule has 0 spiro atoms. The number of hydrogen-bond donors (Lipinski definition) is 1. The Morgan fingerprint density at radius 3 is 2.58 bits per heavy atom. The molecule has 1 N–H and O–H groups in total. The topological polar surface area (TPSA) is 66.6 Å². The van der Waals surface area contributed by atoms with Crippen LogP contribution >= 0.6 is 11.6 Å². The Hall–Kier alpha value is -2.63. The van der Waals surface area contributed by atoms with Crippen molar-refractivity contribution in [1.29, 1.82) is 0 Å². The van der Waals surface area contributed by atoms with Crippen LogP contribution < -0.4 is 0 Å². The molecule has 1 aliphatic rings. The second kappa shape index (κ2) is 6.94. The fourth-order valence-electron chi connectivity index (χ4n) is 3.25. The lowest BCUT2D eigenvalue weighted by molar-refractivity contribution is 0.0697. The first kappa shape index (κ1) is 16.8. The Morgan fingerprint density at radius 1 is 1.15 bits per heavy atom. The van der Waals surface area contributed by atoms with Crippen molar-refractivity contribution in [3.63, 3.8) is 0 Å². The SMILES string of the molecule is O=C(O)c1ccc(CN2CCc3onc(-c4ccc(Cl)cc4)c3C2)cc1. The molecule has 0 radical (unpaired) electrons. The number of benzene rings is 2. The molecule has 0 aliphatic carbocycles. The van der Waals surface area contributed by atoms with E-state index in [1.165, 1.54) is 0 Å². The Labute approximate surface area is 155 Å². The van der Waals surface area contributed by atoms with Crippen LogP contribution in [0.15, 0.2) is 53.1 Å². The summed E-state index contributed by atoms with van der Waals surface area (Å²) in [4.78, 5) is 13.3. The zero-order chi connectivity index (χ0) is 18.1. The molecule has 2 heterocycles. The van der Waals surface area contributed by atoms with Crippen LogP contribution in [0.1, 0.15) is 27.2 Å². The predicted molar refractivity (Wildman–Crippen MR) is 98.2 cm³/mol. The maximum atomic E-state index is 11.0. The second-order valence-corrected chi connectivity index (χ2v) is 6.84. The van der Waals surface area contributed by atoms with Gasteiger partial charge in [-0.05, 0) is 29.8 Å². The van der Waals surface area contributed by atoms with Gasteiger partial charge in [0.2, 0.25) is 0 Å². The molecule has 0 bridgehead atoms. The molecule has 3 aromatic rings. The van der Waals surface area contributed by atoms with Gasteiger partial charge in [0.05, 0.1) is 5.56 Å². The molecule has 0 saturated carbocycles. The van der Waals surface area contributed by atoms with Gasteiger partial charge in [-0.15, -0.1) is 0 Å². The van der Waals surface area contributed by atoms with Crippen LogP contribution in [0.3, 0.4) is 0 Å². The third kappa shape index (κ3) is 3.36. The molecule has 26 heavy (non-hydrogen) atoms. The van der Waals surface area contributed by atoms with E-state index < -0.39 is 5.97 Å². The molecule has 5 nitrogen and oxygen atoms in total. The van der Waals surface area contributed by atoms with Crippen LogP contribution in [0.25, 0.3) is 11.3 Å². The van der Waals surface area contributed by atoms with E-state index in [1.54, 1.807) is 12.1 Å². The zero-order valence-electron chi connectivity index (χ0n) is 14.0. The zero-order valence-corrected chi connectivity index (χ0v) is 14.7. The number of fused-ring (bicyclic) bond motifs is 1. The lowest BCUT2D eigenvalue weighted by Crippen LogP contribution is -2.29. The molecule has 4 rings (SSSR count).